The van der Waals surface area contributed by atoms with Crippen LogP contribution in [0, 0.1) is 0 Å². The van der Waals surface area contributed by atoms with Crippen LogP contribution < -0.4 is 0 Å². The van der Waals surface area contributed by atoms with Crippen molar-refractivity contribution in [2.45, 2.75) is 0 Å². The second kappa shape index (κ2) is 6.59. The lowest BCUT2D eigenvalue weighted by molar-refractivity contribution is 0.0533. The van der Waals surface area contributed by atoms with Gasteiger partial charge < -0.3 is 14.4 Å². The molecule has 2 amide bonds. The standard InChI is InChI=1S/C19H19N5O2/c1-22-13-15(14-4-2-3-5-17(14)22)18(25)23-8-10-24(11-9-23)19(26)16-12-20-6-7-21-16/h2-7,12-13H,8-11H2,1H3. The number of rotatable bonds is 2. The number of piperazine rings is 1. The summed E-state index contributed by atoms with van der Waals surface area (Å²) in [6.45, 7) is 2.00. The zero-order chi connectivity index (χ0) is 18.1. The molecule has 3 aromatic rings. The third kappa shape index (κ3) is 2.81. The molecule has 0 spiro atoms. The fourth-order valence-electron chi connectivity index (χ4n) is 3.37. The summed E-state index contributed by atoms with van der Waals surface area (Å²) in [5, 5.41) is 0.957. The SMILES string of the molecule is Cn1cc(C(=O)N2CCN(C(=O)c3cnccn3)CC2)c2ccccc21. The van der Waals surface area contributed by atoms with E-state index in [1.807, 2.05) is 47.0 Å². The second-order valence-corrected chi connectivity index (χ2v) is 6.35. The average molecular weight is 349 g/mol. The van der Waals surface area contributed by atoms with E-state index in [0.717, 1.165) is 10.9 Å². The van der Waals surface area contributed by atoms with Crippen LogP contribution in [0.2, 0.25) is 0 Å². The summed E-state index contributed by atoms with van der Waals surface area (Å²) in [4.78, 5) is 36.9. The molecule has 2 aromatic heterocycles. The summed E-state index contributed by atoms with van der Waals surface area (Å²) >= 11 is 0. The molecule has 0 unspecified atom stereocenters. The Labute approximate surface area is 150 Å². The van der Waals surface area contributed by atoms with Crippen LogP contribution in [0.4, 0.5) is 0 Å². The van der Waals surface area contributed by atoms with Crippen molar-refractivity contribution in [1.29, 1.82) is 0 Å². The number of benzene rings is 1. The summed E-state index contributed by atoms with van der Waals surface area (Å²) in [6.07, 6.45) is 6.39. The highest BCUT2D eigenvalue weighted by Crippen LogP contribution is 2.22. The van der Waals surface area contributed by atoms with E-state index in [1.165, 1.54) is 18.6 Å². The molecule has 1 fully saturated rings. The van der Waals surface area contributed by atoms with Gasteiger partial charge in [-0.2, -0.15) is 0 Å². The van der Waals surface area contributed by atoms with Gasteiger partial charge in [-0.1, -0.05) is 18.2 Å². The van der Waals surface area contributed by atoms with Crippen molar-refractivity contribution in [3.63, 3.8) is 0 Å². The molecule has 1 aliphatic heterocycles. The molecule has 1 saturated heterocycles. The molecule has 1 aliphatic rings. The van der Waals surface area contributed by atoms with Gasteiger partial charge in [0.15, 0.2) is 0 Å². The molecule has 3 heterocycles. The zero-order valence-corrected chi connectivity index (χ0v) is 14.5. The number of carbonyl (C=O) groups excluding carboxylic acids is 2. The maximum atomic E-state index is 13.0. The Hall–Kier alpha value is -3.22. The molecule has 26 heavy (non-hydrogen) atoms. The third-order valence-corrected chi connectivity index (χ3v) is 4.76. The quantitative estimate of drug-likeness (QED) is 0.704. The second-order valence-electron chi connectivity index (χ2n) is 6.35. The van der Waals surface area contributed by atoms with Gasteiger partial charge in [0.25, 0.3) is 11.8 Å². The Morgan fingerprint density at radius 2 is 1.65 bits per heavy atom. The molecule has 0 N–H and O–H groups in total. The van der Waals surface area contributed by atoms with Crippen LogP contribution in [0.3, 0.4) is 0 Å². The van der Waals surface area contributed by atoms with Gasteiger partial charge in [-0.05, 0) is 6.07 Å². The largest absolute Gasteiger partial charge is 0.350 e. The van der Waals surface area contributed by atoms with Crippen LogP contribution in [0.1, 0.15) is 20.8 Å². The lowest BCUT2D eigenvalue weighted by atomic mass is 10.1. The Balaban J connectivity index is 1.48. The number of aromatic nitrogens is 3. The molecule has 132 valence electrons. The van der Waals surface area contributed by atoms with Crippen LogP contribution >= 0.6 is 0 Å². The molecule has 7 heteroatoms. The van der Waals surface area contributed by atoms with Gasteiger partial charge in [-0.3, -0.25) is 14.6 Å². The average Bonchev–Trinajstić information content (AvgIpc) is 3.05. The molecular formula is C19H19N5O2. The highest BCUT2D eigenvalue weighted by Gasteiger charge is 2.27. The zero-order valence-electron chi connectivity index (χ0n) is 14.5. The summed E-state index contributed by atoms with van der Waals surface area (Å²) in [7, 11) is 1.94. The third-order valence-electron chi connectivity index (χ3n) is 4.76. The lowest BCUT2D eigenvalue weighted by Crippen LogP contribution is -2.50. The van der Waals surface area contributed by atoms with Crippen LogP contribution in [0.15, 0.2) is 49.1 Å². The molecule has 0 atom stereocenters. The van der Waals surface area contributed by atoms with Crippen LogP contribution in [0.5, 0.6) is 0 Å². The predicted octanol–water partition coefficient (Wildman–Crippen LogP) is 1.57. The fraction of sp³-hybridized carbons (Fsp3) is 0.263. The highest BCUT2D eigenvalue weighted by atomic mass is 16.2. The number of nitrogens with zero attached hydrogens (tertiary/aromatic N) is 5. The van der Waals surface area contributed by atoms with Gasteiger partial charge in [0.05, 0.1) is 11.8 Å². The van der Waals surface area contributed by atoms with Crippen LogP contribution in [-0.2, 0) is 7.05 Å². The number of para-hydroxylation sites is 1. The predicted molar refractivity (Wildman–Crippen MR) is 96.8 cm³/mol. The van der Waals surface area contributed by atoms with Crippen LogP contribution in [-0.4, -0.2) is 62.3 Å². The first-order valence-electron chi connectivity index (χ1n) is 8.54. The summed E-state index contributed by atoms with van der Waals surface area (Å²) in [5.74, 6) is -0.135. The van der Waals surface area contributed by atoms with Gasteiger partial charge in [0.1, 0.15) is 5.69 Å². The monoisotopic (exact) mass is 349 g/mol. The highest BCUT2D eigenvalue weighted by molar-refractivity contribution is 6.07. The lowest BCUT2D eigenvalue weighted by Gasteiger charge is -2.34. The maximum Gasteiger partial charge on any atom is 0.274 e. The first kappa shape index (κ1) is 16.3. The first-order valence-corrected chi connectivity index (χ1v) is 8.54. The van der Waals surface area contributed by atoms with Gasteiger partial charge in [0.2, 0.25) is 0 Å². The smallest absolute Gasteiger partial charge is 0.274 e. The van der Waals surface area contributed by atoms with E-state index < -0.39 is 0 Å². The van der Waals surface area contributed by atoms with Crippen molar-refractivity contribution in [1.82, 2.24) is 24.3 Å². The van der Waals surface area contributed by atoms with Crippen molar-refractivity contribution >= 4 is 22.7 Å². The fourth-order valence-corrected chi connectivity index (χ4v) is 3.37. The molecular weight excluding hydrogens is 330 g/mol. The Bertz CT molecular complexity index is 958. The number of hydrogen-bond acceptors (Lipinski definition) is 4. The topological polar surface area (TPSA) is 71.3 Å². The minimum atomic E-state index is -0.143. The van der Waals surface area contributed by atoms with E-state index in [9.17, 15) is 9.59 Å². The van der Waals surface area contributed by atoms with Crippen LogP contribution in [0.25, 0.3) is 10.9 Å². The Morgan fingerprint density at radius 1 is 0.962 bits per heavy atom. The molecule has 0 bridgehead atoms. The molecule has 0 aliphatic carbocycles. The molecule has 4 rings (SSSR count). The first-order chi connectivity index (χ1) is 12.6. The number of carbonyl (C=O) groups is 2. The maximum absolute atomic E-state index is 13.0. The van der Waals surface area contributed by atoms with Gasteiger partial charge in [-0.15, -0.1) is 0 Å². The summed E-state index contributed by atoms with van der Waals surface area (Å²) in [5.41, 5.74) is 2.07. The van der Waals surface area contributed by atoms with E-state index in [4.69, 9.17) is 0 Å². The molecule has 1 aromatic carbocycles. The number of amides is 2. The van der Waals surface area contributed by atoms with E-state index in [2.05, 4.69) is 9.97 Å². The van der Waals surface area contributed by atoms with E-state index >= 15 is 0 Å². The van der Waals surface area contributed by atoms with Crippen molar-refractivity contribution in [3.05, 3.63) is 60.3 Å². The normalized spacial score (nSPS) is 14.7. The van der Waals surface area contributed by atoms with Gasteiger partial charge in [0, 0.05) is 62.7 Å². The minimum absolute atomic E-state index is 0.00778. The van der Waals surface area contributed by atoms with Gasteiger partial charge >= 0.3 is 0 Å². The Morgan fingerprint density at radius 3 is 2.35 bits per heavy atom. The summed E-state index contributed by atoms with van der Waals surface area (Å²) < 4.78 is 1.97. The molecule has 0 radical (unpaired) electrons. The van der Waals surface area contributed by atoms with E-state index in [0.29, 0.717) is 37.4 Å². The van der Waals surface area contributed by atoms with Crippen molar-refractivity contribution in [3.8, 4) is 0 Å². The molecule has 7 nitrogen and oxygen atoms in total. The minimum Gasteiger partial charge on any atom is -0.350 e. The van der Waals surface area contributed by atoms with E-state index in [-0.39, 0.29) is 11.8 Å². The van der Waals surface area contributed by atoms with Crippen molar-refractivity contribution in [2.24, 2.45) is 7.05 Å². The Kier molecular flexibility index (Phi) is 4.12. The van der Waals surface area contributed by atoms with Gasteiger partial charge in [-0.25, -0.2) is 4.98 Å². The van der Waals surface area contributed by atoms with Crippen molar-refractivity contribution < 1.29 is 9.59 Å². The molecule has 0 saturated carbocycles. The van der Waals surface area contributed by atoms with Crippen molar-refractivity contribution in [2.75, 3.05) is 26.2 Å². The summed E-state index contributed by atoms with van der Waals surface area (Å²) in [6, 6.07) is 7.88. The van der Waals surface area contributed by atoms with E-state index in [1.54, 1.807) is 4.90 Å². The number of fused-ring (bicyclic) bond motifs is 1. The number of hydrogen-bond donors (Lipinski definition) is 0. The number of aryl methyl sites for hydroxylation is 1.